The summed E-state index contributed by atoms with van der Waals surface area (Å²) < 4.78 is 21.4. The van der Waals surface area contributed by atoms with E-state index in [-0.39, 0.29) is 33.6 Å². The van der Waals surface area contributed by atoms with Crippen molar-refractivity contribution in [2.24, 2.45) is 5.73 Å². The third-order valence-electron chi connectivity index (χ3n) is 4.89. The molecule has 1 fully saturated rings. The molecule has 1 amide bonds. The van der Waals surface area contributed by atoms with Crippen molar-refractivity contribution in [2.45, 2.75) is 11.8 Å². The smallest absolute Gasteiger partial charge is 0.287 e. The van der Waals surface area contributed by atoms with Crippen molar-refractivity contribution < 1.29 is 24.0 Å². The predicted octanol–water partition coefficient (Wildman–Crippen LogP) is 1.11. The van der Waals surface area contributed by atoms with Crippen LogP contribution >= 0.6 is 0 Å². The third kappa shape index (κ3) is 4.02. The number of carbonyl (C=O) groups is 1. The Labute approximate surface area is 180 Å². The zero-order valence-corrected chi connectivity index (χ0v) is 17.5. The molecular formula is C20H21N5O5S. The first-order chi connectivity index (χ1) is 14.9. The molecule has 1 aliphatic heterocycles. The molecule has 0 aliphatic carbocycles. The standard InChI is InChI=1S/C20H21N5O5S/c1-12-2-4-13(5-3-12)25-19(22-23-20(25)18(21)28)14-10-17(16(27)11-15(14)26)31(29)24-6-8-30-9-7-24/h2-5,10-11,26-27H,6-9H2,1H3,(H2,21,28). The molecule has 2 heterocycles. The van der Waals surface area contributed by atoms with Gasteiger partial charge < -0.3 is 20.7 Å². The highest BCUT2D eigenvalue weighted by molar-refractivity contribution is 7.82. The molecule has 162 valence electrons. The second kappa shape index (κ2) is 8.46. The summed E-state index contributed by atoms with van der Waals surface area (Å²) in [5.74, 6) is -1.42. The van der Waals surface area contributed by atoms with Gasteiger partial charge in [-0.3, -0.25) is 9.36 Å². The van der Waals surface area contributed by atoms with E-state index in [4.69, 9.17) is 10.5 Å². The van der Waals surface area contributed by atoms with E-state index in [9.17, 15) is 19.2 Å². The van der Waals surface area contributed by atoms with Gasteiger partial charge in [0, 0.05) is 24.8 Å². The van der Waals surface area contributed by atoms with Crippen molar-refractivity contribution in [3.05, 3.63) is 47.8 Å². The van der Waals surface area contributed by atoms with Crippen LogP contribution in [0, 0.1) is 6.92 Å². The van der Waals surface area contributed by atoms with E-state index in [1.54, 1.807) is 16.4 Å². The van der Waals surface area contributed by atoms with Gasteiger partial charge in [0.15, 0.2) is 5.82 Å². The van der Waals surface area contributed by atoms with Crippen LogP contribution in [0.3, 0.4) is 0 Å². The Balaban J connectivity index is 1.85. The second-order valence-electron chi connectivity index (χ2n) is 7.01. The Bertz CT molecular complexity index is 1160. The van der Waals surface area contributed by atoms with Crippen molar-refractivity contribution >= 4 is 16.9 Å². The highest BCUT2D eigenvalue weighted by Crippen LogP contribution is 2.37. The van der Waals surface area contributed by atoms with Crippen molar-refractivity contribution in [3.63, 3.8) is 0 Å². The van der Waals surface area contributed by atoms with E-state index < -0.39 is 16.9 Å². The molecule has 31 heavy (non-hydrogen) atoms. The van der Waals surface area contributed by atoms with Crippen LogP contribution in [-0.2, 0) is 15.7 Å². The van der Waals surface area contributed by atoms with Crippen LogP contribution < -0.4 is 5.73 Å². The summed E-state index contributed by atoms with van der Waals surface area (Å²) in [5.41, 5.74) is 7.19. The maximum Gasteiger partial charge on any atom is 0.287 e. The third-order valence-corrected chi connectivity index (χ3v) is 6.42. The lowest BCUT2D eigenvalue weighted by atomic mass is 10.1. The van der Waals surface area contributed by atoms with Gasteiger partial charge in [0.05, 0.1) is 23.7 Å². The number of aromatic nitrogens is 3. The molecule has 1 aromatic heterocycles. The number of rotatable bonds is 5. The molecule has 0 saturated carbocycles. The van der Waals surface area contributed by atoms with Gasteiger partial charge in [-0.05, 0) is 25.1 Å². The lowest BCUT2D eigenvalue weighted by Crippen LogP contribution is -2.37. The van der Waals surface area contributed by atoms with Gasteiger partial charge in [-0.15, -0.1) is 10.2 Å². The van der Waals surface area contributed by atoms with Crippen LogP contribution in [0.4, 0.5) is 0 Å². The van der Waals surface area contributed by atoms with E-state index in [1.807, 2.05) is 19.1 Å². The normalized spacial score (nSPS) is 15.6. The van der Waals surface area contributed by atoms with Crippen molar-refractivity contribution in [1.29, 1.82) is 0 Å². The largest absolute Gasteiger partial charge is 0.507 e. The van der Waals surface area contributed by atoms with Gasteiger partial charge in [0.25, 0.3) is 5.91 Å². The fourth-order valence-electron chi connectivity index (χ4n) is 3.28. The molecule has 11 heteroatoms. The number of nitrogens with zero attached hydrogens (tertiary/aromatic N) is 4. The summed E-state index contributed by atoms with van der Waals surface area (Å²) in [6.07, 6.45) is 0. The number of aryl methyl sites for hydroxylation is 1. The number of amides is 1. The molecule has 1 unspecified atom stereocenters. The molecule has 0 spiro atoms. The van der Waals surface area contributed by atoms with Crippen LogP contribution in [0.2, 0.25) is 0 Å². The van der Waals surface area contributed by atoms with Crippen molar-refractivity contribution in [2.75, 3.05) is 26.3 Å². The summed E-state index contributed by atoms with van der Waals surface area (Å²) in [7, 11) is -1.69. The number of hydrogen-bond donors (Lipinski definition) is 3. The van der Waals surface area contributed by atoms with Gasteiger partial charge in [-0.25, -0.2) is 8.51 Å². The molecule has 10 nitrogen and oxygen atoms in total. The Hall–Kier alpha value is -3.28. The van der Waals surface area contributed by atoms with Gasteiger partial charge >= 0.3 is 0 Å². The van der Waals surface area contributed by atoms with Gasteiger partial charge in [0.1, 0.15) is 22.5 Å². The first-order valence-corrected chi connectivity index (χ1v) is 10.6. The molecule has 4 rings (SSSR count). The van der Waals surface area contributed by atoms with E-state index >= 15 is 0 Å². The molecule has 3 aromatic rings. The zero-order chi connectivity index (χ0) is 22.1. The number of nitrogens with two attached hydrogens (primary N) is 1. The Kier molecular flexibility index (Phi) is 5.72. The van der Waals surface area contributed by atoms with Gasteiger partial charge in [-0.2, -0.15) is 0 Å². The van der Waals surface area contributed by atoms with E-state index in [0.29, 0.717) is 32.0 Å². The SMILES string of the molecule is Cc1ccc(-n2c(C(N)=O)nnc2-c2cc(S(=O)N3CCOCC3)c(O)cc2O)cc1. The molecule has 4 N–H and O–H groups in total. The Morgan fingerprint density at radius 2 is 1.77 bits per heavy atom. The van der Waals surface area contributed by atoms with Crippen molar-refractivity contribution in [3.8, 4) is 28.6 Å². The van der Waals surface area contributed by atoms with Crippen LogP contribution in [0.25, 0.3) is 17.1 Å². The number of carbonyl (C=O) groups excluding carboxylic acids is 1. The molecule has 2 aromatic carbocycles. The fraction of sp³-hybridized carbons (Fsp3) is 0.250. The van der Waals surface area contributed by atoms with E-state index in [0.717, 1.165) is 11.6 Å². The van der Waals surface area contributed by atoms with Gasteiger partial charge in [0.2, 0.25) is 5.82 Å². The van der Waals surface area contributed by atoms with Crippen LogP contribution in [0.15, 0.2) is 41.3 Å². The number of phenolic OH excluding ortho intramolecular Hbond substituents is 2. The minimum absolute atomic E-state index is 0.105. The molecule has 0 bridgehead atoms. The van der Waals surface area contributed by atoms with E-state index in [2.05, 4.69) is 10.2 Å². The number of hydrogen-bond acceptors (Lipinski definition) is 7. The number of primary amides is 1. The number of ether oxygens (including phenoxy) is 1. The van der Waals surface area contributed by atoms with Crippen LogP contribution in [-0.4, -0.2) is 65.7 Å². The molecule has 0 radical (unpaired) electrons. The quantitative estimate of drug-likeness (QED) is 0.536. The first kappa shape index (κ1) is 21.0. The summed E-state index contributed by atoms with van der Waals surface area (Å²) >= 11 is 0. The minimum atomic E-state index is -1.69. The number of aromatic hydroxyl groups is 2. The number of morpholine rings is 1. The predicted molar refractivity (Wildman–Crippen MR) is 112 cm³/mol. The van der Waals surface area contributed by atoms with Crippen LogP contribution in [0.1, 0.15) is 16.2 Å². The first-order valence-electron chi connectivity index (χ1n) is 9.50. The highest BCUT2D eigenvalue weighted by atomic mass is 32.2. The summed E-state index contributed by atoms with van der Waals surface area (Å²) in [4.78, 5) is 12.1. The summed E-state index contributed by atoms with van der Waals surface area (Å²) in [5, 5.41) is 28.8. The average Bonchev–Trinajstić information content (AvgIpc) is 3.20. The fourth-order valence-corrected chi connectivity index (χ4v) is 4.50. The monoisotopic (exact) mass is 443 g/mol. The number of phenols is 2. The zero-order valence-electron chi connectivity index (χ0n) is 16.7. The van der Waals surface area contributed by atoms with E-state index in [1.165, 1.54) is 10.6 Å². The topological polar surface area (TPSA) is 144 Å². The maximum absolute atomic E-state index is 13.0. The summed E-state index contributed by atoms with van der Waals surface area (Å²) in [6.45, 7) is 3.66. The lowest BCUT2D eigenvalue weighted by molar-refractivity contribution is 0.0751. The lowest BCUT2D eigenvalue weighted by Gasteiger charge is -2.25. The minimum Gasteiger partial charge on any atom is -0.507 e. The summed E-state index contributed by atoms with van der Waals surface area (Å²) in [6, 6.07) is 9.70. The molecule has 1 atom stereocenters. The highest BCUT2D eigenvalue weighted by Gasteiger charge is 2.26. The average molecular weight is 443 g/mol. The molecular weight excluding hydrogens is 422 g/mol. The number of benzene rings is 2. The Morgan fingerprint density at radius 3 is 2.42 bits per heavy atom. The maximum atomic E-state index is 13.0. The van der Waals surface area contributed by atoms with Gasteiger partial charge in [-0.1, -0.05) is 17.7 Å². The Morgan fingerprint density at radius 1 is 1.10 bits per heavy atom. The second-order valence-corrected chi connectivity index (χ2v) is 8.46. The molecule has 1 aliphatic rings. The molecule has 1 saturated heterocycles. The van der Waals surface area contributed by atoms with Crippen LogP contribution in [0.5, 0.6) is 11.5 Å². The van der Waals surface area contributed by atoms with Crippen molar-refractivity contribution in [1.82, 2.24) is 19.1 Å².